The van der Waals surface area contributed by atoms with Gasteiger partial charge in [0.15, 0.2) is 11.6 Å². The lowest BCUT2D eigenvalue weighted by atomic mass is 10.0. The Balaban J connectivity index is 2.17. The van der Waals surface area contributed by atoms with E-state index in [-0.39, 0.29) is 0 Å². The van der Waals surface area contributed by atoms with Gasteiger partial charge in [-0.2, -0.15) is 0 Å². The Morgan fingerprint density at radius 1 is 1.25 bits per heavy atom. The topological polar surface area (TPSA) is 41.8 Å². The van der Waals surface area contributed by atoms with Crippen LogP contribution in [0.15, 0.2) is 34.7 Å². The van der Waals surface area contributed by atoms with E-state index in [1.165, 1.54) is 0 Å². The van der Waals surface area contributed by atoms with Gasteiger partial charge in [0.25, 0.3) is 0 Å². The number of aromatic amines is 1. The molecule has 0 saturated heterocycles. The van der Waals surface area contributed by atoms with Gasteiger partial charge >= 0.3 is 0 Å². The van der Waals surface area contributed by atoms with Crippen LogP contribution in [0, 0.1) is 11.6 Å². The number of nitrogens with one attached hydrogen (secondary N) is 1. The fourth-order valence-corrected chi connectivity index (χ4v) is 2.97. The van der Waals surface area contributed by atoms with Crippen molar-refractivity contribution in [3.05, 3.63) is 46.2 Å². The maximum absolute atomic E-state index is 5.82. The van der Waals surface area contributed by atoms with Crippen LogP contribution in [0.4, 0.5) is 0 Å². The number of hydrogen-bond donors (Lipinski definition) is 1. The van der Waals surface area contributed by atoms with Gasteiger partial charge in [-0.05, 0) is 25.0 Å². The zero-order chi connectivity index (χ0) is 14.3. The fourth-order valence-electron chi connectivity index (χ4n) is 2.49. The first-order valence-corrected chi connectivity index (χ1v) is 7.07. The predicted octanol–water partition coefficient (Wildman–Crippen LogP) is 4.98. The van der Waals surface area contributed by atoms with E-state index in [2.05, 4.69) is 23.8 Å². The Morgan fingerprint density at radius 2 is 2.00 bits per heavy atom. The number of fused-ring (bicyclic) bond motifs is 1. The van der Waals surface area contributed by atoms with Gasteiger partial charge in [-0.3, -0.25) is 0 Å². The third kappa shape index (κ3) is 2.16. The summed E-state index contributed by atoms with van der Waals surface area (Å²) in [6.07, 6.45) is 0. The van der Waals surface area contributed by atoms with Gasteiger partial charge in [-0.15, -0.1) is 0 Å². The molecule has 20 heavy (non-hydrogen) atoms. The highest BCUT2D eigenvalue weighted by atomic mass is 32.1. The predicted molar refractivity (Wildman–Crippen MR) is 83.5 cm³/mol. The lowest BCUT2D eigenvalue weighted by molar-refractivity contribution is 0.623. The van der Waals surface area contributed by atoms with Crippen LogP contribution >= 0.6 is 12.2 Å². The van der Waals surface area contributed by atoms with Crippen molar-refractivity contribution in [3.8, 4) is 11.6 Å². The summed E-state index contributed by atoms with van der Waals surface area (Å²) in [6.45, 7) is 6.27. The molecule has 0 unspecified atom stereocenters. The maximum atomic E-state index is 5.82. The molecule has 4 heteroatoms. The highest BCUT2D eigenvalue weighted by Gasteiger charge is 2.13. The summed E-state index contributed by atoms with van der Waals surface area (Å²) in [5.41, 5.74) is 3.00. The third-order valence-electron chi connectivity index (χ3n) is 3.39. The quantitative estimate of drug-likeness (QED) is 0.674. The normalized spacial score (nSPS) is 11.4. The summed E-state index contributed by atoms with van der Waals surface area (Å²) in [7, 11) is 0. The average molecular weight is 284 g/mol. The number of para-hydroxylation sites is 1. The molecule has 0 aliphatic carbocycles. The Hall–Kier alpha value is -1.94. The van der Waals surface area contributed by atoms with Gasteiger partial charge in [0, 0.05) is 16.6 Å². The van der Waals surface area contributed by atoms with E-state index >= 15 is 0 Å². The molecule has 0 saturated carbocycles. The van der Waals surface area contributed by atoms with Gasteiger partial charge in [0.2, 0.25) is 0 Å². The van der Waals surface area contributed by atoms with E-state index in [4.69, 9.17) is 16.6 Å². The molecule has 0 amide bonds. The highest BCUT2D eigenvalue weighted by Crippen LogP contribution is 2.27. The van der Waals surface area contributed by atoms with Gasteiger partial charge in [-0.1, -0.05) is 44.3 Å². The number of H-pyrrole nitrogens is 1. The molecular formula is C16H16N2OS. The van der Waals surface area contributed by atoms with Gasteiger partial charge in [0.1, 0.15) is 10.2 Å². The molecule has 0 atom stereocenters. The Morgan fingerprint density at radius 3 is 2.65 bits per heavy atom. The molecule has 0 bridgehead atoms. The van der Waals surface area contributed by atoms with Crippen LogP contribution in [-0.4, -0.2) is 9.97 Å². The summed E-state index contributed by atoms with van der Waals surface area (Å²) >= 11 is 5.41. The van der Waals surface area contributed by atoms with Crippen LogP contribution in [0.25, 0.3) is 22.6 Å². The van der Waals surface area contributed by atoms with Crippen molar-refractivity contribution in [2.45, 2.75) is 26.7 Å². The molecule has 0 spiro atoms. The molecule has 0 aliphatic heterocycles. The second-order valence-corrected chi connectivity index (χ2v) is 5.62. The Bertz CT molecular complexity index is 797. The van der Waals surface area contributed by atoms with E-state index in [9.17, 15) is 0 Å². The standard InChI is InChI=1S/C16H16N2OS/c1-9(2)14-10(3)17-15(18-16(14)20)13-8-11-6-4-5-7-12(11)19-13/h4-9H,1-3H3,(H,17,18,20). The molecule has 3 aromatic rings. The van der Waals surface area contributed by atoms with Crippen LogP contribution in [0.1, 0.15) is 31.0 Å². The number of rotatable bonds is 2. The van der Waals surface area contributed by atoms with E-state index in [0.717, 1.165) is 28.0 Å². The molecule has 1 N–H and O–H groups in total. The zero-order valence-electron chi connectivity index (χ0n) is 11.7. The molecule has 2 aromatic heterocycles. The zero-order valence-corrected chi connectivity index (χ0v) is 12.5. The van der Waals surface area contributed by atoms with Crippen molar-refractivity contribution in [2.75, 3.05) is 0 Å². The third-order valence-corrected chi connectivity index (χ3v) is 3.70. The van der Waals surface area contributed by atoms with Crippen LogP contribution in [0.2, 0.25) is 0 Å². The maximum Gasteiger partial charge on any atom is 0.175 e. The van der Waals surface area contributed by atoms with Crippen molar-refractivity contribution in [1.82, 2.24) is 9.97 Å². The lowest BCUT2D eigenvalue weighted by Crippen LogP contribution is -2.01. The lowest BCUT2D eigenvalue weighted by Gasteiger charge is -2.10. The molecule has 102 valence electrons. The Kier molecular flexibility index (Phi) is 3.18. The van der Waals surface area contributed by atoms with E-state index in [0.29, 0.717) is 16.4 Å². The minimum atomic E-state index is 0.357. The van der Waals surface area contributed by atoms with Crippen LogP contribution in [-0.2, 0) is 0 Å². The molecule has 3 rings (SSSR count). The Labute approximate surface area is 122 Å². The number of hydrogen-bond acceptors (Lipinski definition) is 3. The summed E-state index contributed by atoms with van der Waals surface area (Å²) < 4.78 is 6.47. The average Bonchev–Trinajstić information content (AvgIpc) is 2.81. The van der Waals surface area contributed by atoms with Gasteiger partial charge < -0.3 is 9.40 Å². The summed E-state index contributed by atoms with van der Waals surface area (Å²) in [4.78, 5) is 7.79. The van der Waals surface area contributed by atoms with E-state index in [1.54, 1.807) is 0 Å². The van der Waals surface area contributed by atoms with Crippen LogP contribution in [0.5, 0.6) is 0 Å². The smallest absolute Gasteiger partial charge is 0.175 e. The van der Waals surface area contributed by atoms with Gasteiger partial charge in [-0.25, -0.2) is 4.98 Å². The van der Waals surface area contributed by atoms with Crippen molar-refractivity contribution < 1.29 is 4.42 Å². The second kappa shape index (κ2) is 4.87. The minimum Gasteiger partial charge on any atom is -0.453 e. The number of furan rings is 1. The van der Waals surface area contributed by atoms with Crippen molar-refractivity contribution in [3.63, 3.8) is 0 Å². The summed E-state index contributed by atoms with van der Waals surface area (Å²) in [6, 6.07) is 9.90. The highest BCUT2D eigenvalue weighted by molar-refractivity contribution is 7.71. The molecule has 0 aliphatic rings. The second-order valence-electron chi connectivity index (χ2n) is 5.23. The molecular weight excluding hydrogens is 268 g/mol. The summed E-state index contributed by atoms with van der Waals surface area (Å²) in [5.74, 6) is 1.76. The monoisotopic (exact) mass is 284 g/mol. The fraction of sp³-hybridized carbons (Fsp3) is 0.250. The largest absolute Gasteiger partial charge is 0.453 e. The number of nitrogens with zero attached hydrogens (tertiary/aromatic N) is 1. The SMILES string of the molecule is Cc1[nH]c(-c2cc3ccccc3o2)nc(=S)c1C(C)C. The molecule has 0 fully saturated rings. The van der Waals surface area contributed by atoms with E-state index in [1.807, 2.05) is 37.3 Å². The van der Waals surface area contributed by atoms with E-state index < -0.39 is 0 Å². The molecule has 0 radical (unpaired) electrons. The molecule has 2 heterocycles. The molecule has 1 aromatic carbocycles. The van der Waals surface area contributed by atoms with Crippen molar-refractivity contribution >= 4 is 23.2 Å². The number of benzene rings is 1. The molecule has 3 nitrogen and oxygen atoms in total. The van der Waals surface area contributed by atoms with Crippen LogP contribution < -0.4 is 0 Å². The van der Waals surface area contributed by atoms with Crippen LogP contribution in [0.3, 0.4) is 0 Å². The first kappa shape index (κ1) is 13.1. The first-order chi connectivity index (χ1) is 9.56. The number of aryl methyl sites for hydroxylation is 1. The number of aromatic nitrogens is 2. The summed E-state index contributed by atoms with van der Waals surface area (Å²) in [5, 5.41) is 1.06. The van der Waals surface area contributed by atoms with Crippen molar-refractivity contribution in [1.29, 1.82) is 0 Å². The van der Waals surface area contributed by atoms with Crippen molar-refractivity contribution in [2.24, 2.45) is 0 Å². The van der Waals surface area contributed by atoms with Gasteiger partial charge in [0.05, 0.1) is 0 Å². The first-order valence-electron chi connectivity index (χ1n) is 6.66. The minimum absolute atomic E-state index is 0.357.